The number of nitrogens with zero attached hydrogens (tertiary/aromatic N) is 2. The maximum atomic E-state index is 13.8. The second kappa shape index (κ2) is 8.06. The third kappa shape index (κ3) is 4.01. The lowest BCUT2D eigenvalue weighted by Crippen LogP contribution is -2.47. The molecule has 0 bridgehead atoms. The van der Waals surface area contributed by atoms with Gasteiger partial charge in [-0.25, -0.2) is 4.39 Å². The van der Waals surface area contributed by atoms with E-state index in [4.69, 9.17) is 16.3 Å². The van der Waals surface area contributed by atoms with Gasteiger partial charge in [-0.1, -0.05) is 11.6 Å². The maximum absolute atomic E-state index is 13.8. The van der Waals surface area contributed by atoms with Crippen molar-refractivity contribution in [3.05, 3.63) is 34.6 Å². The summed E-state index contributed by atoms with van der Waals surface area (Å²) in [4.78, 5) is 17.4. The van der Waals surface area contributed by atoms with Crippen molar-refractivity contribution in [3.63, 3.8) is 0 Å². The highest BCUT2D eigenvalue weighted by Crippen LogP contribution is 2.39. The molecule has 0 N–H and O–H groups in total. The monoisotopic (exact) mass is 394 g/mol. The minimum atomic E-state index is -0.535. The Bertz CT molecular complexity index is 695. The number of amides is 1. The third-order valence-corrected chi connectivity index (χ3v) is 6.87. The lowest BCUT2D eigenvalue weighted by atomic mass is 9.87. The Kier molecular flexibility index (Phi) is 5.72. The average molecular weight is 395 g/mol. The first-order valence-corrected chi connectivity index (χ1v) is 10.6. The standard InChI is InChI=1S/C21H28ClFN2O2/c22-18-6-5-16(14-19(18)23)20(26)24-10-2-7-21(9-12-24)8-3-11-25(21)15-17-4-1-13-27-17/h5-6,14,17H,1-4,7-13,15H2/t17-,21+/m1/s1. The molecule has 3 aliphatic heterocycles. The van der Waals surface area contributed by atoms with Crippen LogP contribution in [0.15, 0.2) is 18.2 Å². The predicted octanol–water partition coefficient (Wildman–Crippen LogP) is 4.12. The second-order valence-corrected chi connectivity index (χ2v) is 8.59. The van der Waals surface area contributed by atoms with Crippen LogP contribution in [0.25, 0.3) is 0 Å². The van der Waals surface area contributed by atoms with Crippen molar-refractivity contribution >= 4 is 17.5 Å². The molecule has 3 aliphatic rings. The molecule has 0 aromatic heterocycles. The molecule has 0 saturated carbocycles. The Morgan fingerprint density at radius 2 is 2.00 bits per heavy atom. The van der Waals surface area contributed by atoms with Crippen molar-refractivity contribution in [2.45, 2.75) is 56.6 Å². The van der Waals surface area contributed by atoms with Gasteiger partial charge in [-0.15, -0.1) is 0 Å². The minimum absolute atomic E-state index is 0.0529. The quantitative estimate of drug-likeness (QED) is 0.773. The Balaban J connectivity index is 1.43. The molecule has 27 heavy (non-hydrogen) atoms. The molecule has 148 valence electrons. The largest absolute Gasteiger partial charge is 0.377 e. The zero-order valence-electron chi connectivity index (χ0n) is 15.8. The topological polar surface area (TPSA) is 32.8 Å². The Morgan fingerprint density at radius 3 is 2.74 bits per heavy atom. The van der Waals surface area contributed by atoms with Gasteiger partial charge in [-0.05, 0) is 69.7 Å². The first-order valence-electron chi connectivity index (χ1n) is 10.2. The molecule has 3 fully saturated rings. The third-order valence-electron chi connectivity index (χ3n) is 6.56. The summed E-state index contributed by atoms with van der Waals surface area (Å²) in [6.07, 6.45) is 8.24. The molecule has 1 spiro atoms. The van der Waals surface area contributed by atoms with Crippen LogP contribution in [-0.4, -0.2) is 60.1 Å². The number of rotatable bonds is 3. The van der Waals surface area contributed by atoms with Gasteiger partial charge in [0, 0.05) is 37.3 Å². The first kappa shape index (κ1) is 19.2. The zero-order valence-corrected chi connectivity index (χ0v) is 16.5. The Labute approximate surface area is 165 Å². The van der Waals surface area contributed by atoms with E-state index in [1.54, 1.807) is 6.07 Å². The predicted molar refractivity (Wildman–Crippen MR) is 104 cm³/mol. The number of benzene rings is 1. The normalized spacial score (nSPS) is 29.4. The molecule has 6 heteroatoms. The van der Waals surface area contributed by atoms with Gasteiger partial charge < -0.3 is 9.64 Å². The molecule has 2 atom stereocenters. The smallest absolute Gasteiger partial charge is 0.253 e. The van der Waals surface area contributed by atoms with Gasteiger partial charge in [0.15, 0.2) is 0 Å². The molecule has 3 heterocycles. The van der Waals surface area contributed by atoms with Gasteiger partial charge in [0.2, 0.25) is 0 Å². The van der Waals surface area contributed by atoms with Gasteiger partial charge in [-0.2, -0.15) is 0 Å². The van der Waals surface area contributed by atoms with Crippen LogP contribution in [0.5, 0.6) is 0 Å². The van der Waals surface area contributed by atoms with E-state index < -0.39 is 5.82 Å². The van der Waals surface area contributed by atoms with Crippen LogP contribution in [0.2, 0.25) is 5.02 Å². The van der Waals surface area contributed by atoms with E-state index in [0.29, 0.717) is 11.7 Å². The number of halogens is 2. The summed E-state index contributed by atoms with van der Waals surface area (Å²) < 4.78 is 19.6. The lowest BCUT2D eigenvalue weighted by Gasteiger charge is -2.39. The van der Waals surface area contributed by atoms with Crippen LogP contribution < -0.4 is 0 Å². The molecule has 1 aromatic carbocycles. The highest BCUT2D eigenvalue weighted by Gasteiger charge is 2.43. The number of ether oxygens (including phenoxy) is 1. The molecule has 1 aromatic rings. The fraction of sp³-hybridized carbons (Fsp3) is 0.667. The van der Waals surface area contributed by atoms with Gasteiger partial charge in [0.25, 0.3) is 5.91 Å². The van der Waals surface area contributed by atoms with E-state index in [1.165, 1.54) is 37.8 Å². The lowest BCUT2D eigenvalue weighted by molar-refractivity contribution is 0.0339. The fourth-order valence-electron chi connectivity index (χ4n) is 5.07. The zero-order chi connectivity index (χ0) is 18.9. The Hall–Kier alpha value is -1.17. The van der Waals surface area contributed by atoms with E-state index in [0.717, 1.165) is 52.0 Å². The molecule has 0 unspecified atom stereocenters. The molecule has 0 aliphatic carbocycles. The highest BCUT2D eigenvalue weighted by atomic mass is 35.5. The minimum Gasteiger partial charge on any atom is -0.377 e. The second-order valence-electron chi connectivity index (χ2n) is 8.18. The summed E-state index contributed by atoms with van der Waals surface area (Å²) in [5.41, 5.74) is 0.585. The highest BCUT2D eigenvalue weighted by molar-refractivity contribution is 6.30. The summed E-state index contributed by atoms with van der Waals surface area (Å²) in [6, 6.07) is 4.34. The number of hydrogen-bond donors (Lipinski definition) is 0. The SMILES string of the molecule is O=C(c1ccc(Cl)c(F)c1)N1CCC[C@]2(CCCN2C[C@H]2CCCO2)CC1. The number of carbonyl (C=O) groups is 1. The molecule has 0 radical (unpaired) electrons. The average Bonchev–Trinajstić information content (AvgIpc) is 3.25. The number of hydrogen-bond acceptors (Lipinski definition) is 3. The van der Waals surface area contributed by atoms with Crippen molar-refractivity contribution in [1.29, 1.82) is 0 Å². The van der Waals surface area contributed by atoms with Crippen LogP contribution in [0.3, 0.4) is 0 Å². The molecule has 1 amide bonds. The summed E-state index contributed by atoms with van der Waals surface area (Å²) in [6.45, 7) is 4.52. The fourth-order valence-corrected chi connectivity index (χ4v) is 5.19. The van der Waals surface area contributed by atoms with Crippen molar-refractivity contribution in [2.24, 2.45) is 0 Å². The van der Waals surface area contributed by atoms with Crippen LogP contribution >= 0.6 is 11.6 Å². The number of carbonyl (C=O) groups excluding carboxylic acids is 1. The molecule has 4 rings (SSSR count). The van der Waals surface area contributed by atoms with Crippen LogP contribution in [0.1, 0.15) is 55.3 Å². The summed E-state index contributed by atoms with van der Waals surface area (Å²) >= 11 is 5.75. The van der Waals surface area contributed by atoms with Gasteiger partial charge in [-0.3, -0.25) is 9.69 Å². The van der Waals surface area contributed by atoms with E-state index >= 15 is 0 Å². The first-order chi connectivity index (χ1) is 13.1. The van der Waals surface area contributed by atoms with E-state index in [1.807, 2.05) is 4.90 Å². The van der Waals surface area contributed by atoms with Crippen LogP contribution in [0.4, 0.5) is 4.39 Å². The van der Waals surface area contributed by atoms with E-state index in [-0.39, 0.29) is 16.5 Å². The summed E-state index contributed by atoms with van der Waals surface area (Å²) in [5.74, 6) is -0.626. The van der Waals surface area contributed by atoms with Gasteiger partial charge >= 0.3 is 0 Å². The van der Waals surface area contributed by atoms with Gasteiger partial charge in [0.1, 0.15) is 5.82 Å². The summed E-state index contributed by atoms with van der Waals surface area (Å²) in [5, 5.41) is 0.0529. The molecular formula is C21H28ClFN2O2. The van der Waals surface area contributed by atoms with E-state index in [2.05, 4.69) is 4.90 Å². The van der Waals surface area contributed by atoms with Crippen LogP contribution in [0, 0.1) is 5.82 Å². The summed E-state index contributed by atoms with van der Waals surface area (Å²) in [7, 11) is 0. The molecule has 4 nitrogen and oxygen atoms in total. The molecule has 3 saturated heterocycles. The van der Waals surface area contributed by atoms with Crippen molar-refractivity contribution in [3.8, 4) is 0 Å². The van der Waals surface area contributed by atoms with E-state index in [9.17, 15) is 9.18 Å². The van der Waals surface area contributed by atoms with Crippen LogP contribution in [-0.2, 0) is 4.74 Å². The van der Waals surface area contributed by atoms with Gasteiger partial charge in [0.05, 0.1) is 11.1 Å². The maximum Gasteiger partial charge on any atom is 0.253 e. The Morgan fingerprint density at radius 1 is 1.19 bits per heavy atom. The van der Waals surface area contributed by atoms with Crippen molar-refractivity contribution in [2.75, 3.05) is 32.8 Å². The van der Waals surface area contributed by atoms with Crippen molar-refractivity contribution in [1.82, 2.24) is 9.80 Å². The number of likely N-dealkylation sites (tertiary alicyclic amines) is 2. The van der Waals surface area contributed by atoms with Crippen molar-refractivity contribution < 1.29 is 13.9 Å². The molecular weight excluding hydrogens is 367 g/mol.